The topological polar surface area (TPSA) is 101 Å². The third-order valence-electron chi connectivity index (χ3n) is 2.96. The molecule has 0 spiro atoms. The van der Waals surface area contributed by atoms with Crippen LogP contribution in [-0.2, 0) is 14.8 Å². The van der Waals surface area contributed by atoms with Crippen molar-refractivity contribution in [1.29, 1.82) is 0 Å². The normalized spacial score (nSPS) is 25.5. The molecule has 0 bridgehead atoms. The maximum absolute atomic E-state index is 11.8. The number of hydrogen-bond donors (Lipinski definition) is 3. The van der Waals surface area contributed by atoms with Crippen molar-refractivity contribution in [1.82, 2.24) is 10.6 Å². The first-order chi connectivity index (χ1) is 7.90. The number of carbonyl (C=O) groups is 1. The summed E-state index contributed by atoms with van der Waals surface area (Å²) in [4.78, 5) is 11.8. The van der Waals surface area contributed by atoms with Crippen molar-refractivity contribution in [2.24, 2.45) is 11.1 Å². The second-order valence-electron chi connectivity index (χ2n) is 4.56. The molecule has 2 unspecified atom stereocenters. The first-order valence-electron chi connectivity index (χ1n) is 5.92. The van der Waals surface area contributed by atoms with Crippen LogP contribution in [0.15, 0.2) is 0 Å². The summed E-state index contributed by atoms with van der Waals surface area (Å²) in [6.07, 6.45) is 2.49. The lowest BCUT2D eigenvalue weighted by Crippen LogP contribution is -2.51. The number of amides is 1. The number of carbonyl (C=O) groups excluding carboxylic acids is 1. The van der Waals surface area contributed by atoms with Gasteiger partial charge in [0.15, 0.2) is 0 Å². The Bertz CT molecular complexity index is 356. The van der Waals surface area contributed by atoms with Crippen molar-refractivity contribution in [3.8, 4) is 0 Å². The lowest BCUT2D eigenvalue weighted by atomic mass is 9.92. The van der Waals surface area contributed by atoms with Crippen molar-refractivity contribution >= 4 is 15.9 Å². The number of primary sulfonamides is 1. The van der Waals surface area contributed by atoms with E-state index < -0.39 is 10.0 Å². The summed E-state index contributed by atoms with van der Waals surface area (Å²) in [6.45, 7) is 3.25. The highest BCUT2D eigenvalue weighted by molar-refractivity contribution is 7.89. The number of piperidine rings is 1. The molecule has 1 aliphatic heterocycles. The van der Waals surface area contributed by atoms with Crippen LogP contribution >= 0.6 is 0 Å². The molecule has 0 saturated carbocycles. The predicted molar refractivity (Wildman–Crippen MR) is 65.8 cm³/mol. The molecule has 0 aromatic carbocycles. The minimum absolute atomic E-state index is 0.0494. The Morgan fingerprint density at radius 3 is 2.82 bits per heavy atom. The van der Waals surface area contributed by atoms with Gasteiger partial charge in [0.25, 0.3) is 0 Å². The predicted octanol–water partition coefficient (Wildman–Crippen LogP) is -0.831. The number of nitrogens with one attached hydrogen (secondary N) is 2. The van der Waals surface area contributed by atoms with Crippen molar-refractivity contribution < 1.29 is 13.2 Å². The smallest absolute Gasteiger partial charge is 0.237 e. The summed E-state index contributed by atoms with van der Waals surface area (Å²) in [5, 5.41) is 10.8. The van der Waals surface area contributed by atoms with Gasteiger partial charge in [-0.05, 0) is 31.7 Å². The van der Waals surface area contributed by atoms with E-state index >= 15 is 0 Å². The zero-order valence-corrected chi connectivity index (χ0v) is 10.9. The summed E-state index contributed by atoms with van der Waals surface area (Å²) in [7, 11) is -3.42. The summed E-state index contributed by atoms with van der Waals surface area (Å²) in [6, 6.07) is -0.154. The summed E-state index contributed by atoms with van der Waals surface area (Å²) in [5.74, 6) is 0.176. The lowest BCUT2D eigenvalue weighted by Gasteiger charge is -2.28. The average Bonchev–Trinajstić information content (AvgIpc) is 2.23. The molecule has 6 nitrogen and oxygen atoms in total. The fourth-order valence-electron chi connectivity index (χ4n) is 2.00. The molecule has 0 radical (unpaired) electrons. The van der Waals surface area contributed by atoms with Crippen LogP contribution in [0, 0.1) is 5.92 Å². The highest BCUT2D eigenvalue weighted by atomic mass is 32.2. The van der Waals surface area contributed by atoms with Crippen LogP contribution in [0.5, 0.6) is 0 Å². The second-order valence-corrected chi connectivity index (χ2v) is 6.30. The lowest BCUT2D eigenvalue weighted by molar-refractivity contribution is -0.124. The standard InChI is InChI=1S/C10H21N3O3S/c1-8-4-2-5-12-9(8)10(14)13-6-3-7-17(11,15)16/h8-9,12H,2-7H2,1H3,(H,13,14)(H2,11,15,16). The Balaban J connectivity index is 2.24. The monoisotopic (exact) mass is 263 g/mol. The molecule has 1 saturated heterocycles. The second kappa shape index (κ2) is 6.32. The molecule has 1 rings (SSSR count). The van der Waals surface area contributed by atoms with Crippen LogP contribution in [-0.4, -0.2) is 39.2 Å². The van der Waals surface area contributed by atoms with Gasteiger partial charge >= 0.3 is 0 Å². The van der Waals surface area contributed by atoms with Gasteiger partial charge in [-0.2, -0.15) is 0 Å². The van der Waals surface area contributed by atoms with E-state index in [4.69, 9.17) is 5.14 Å². The van der Waals surface area contributed by atoms with Gasteiger partial charge in [0, 0.05) is 6.54 Å². The third-order valence-corrected chi connectivity index (χ3v) is 3.81. The molecule has 0 aromatic heterocycles. The van der Waals surface area contributed by atoms with E-state index in [2.05, 4.69) is 10.6 Å². The van der Waals surface area contributed by atoms with Gasteiger partial charge in [-0.3, -0.25) is 4.79 Å². The SMILES string of the molecule is CC1CCCNC1C(=O)NCCCS(N)(=O)=O. The van der Waals surface area contributed by atoms with Gasteiger partial charge in [0.05, 0.1) is 11.8 Å². The number of sulfonamides is 1. The summed E-state index contributed by atoms with van der Waals surface area (Å²) >= 11 is 0. The van der Waals surface area contributed by atoms with E-state index in [1.54, 1.807) is 0 Å². The van der Waals surface area contributed by atoms with E-state index in [0.717, 1.165) is 19.4 Å². The molecule has 7 heteroatoms. The van der Waals surface area contributed by atoms with Gasteiger partial charge in [-0.1, -0.05) is 6.92 Å². The zero-order valence-electron chi connectivity index (χ0n) is 10.1. The van der Waals surface area contributed by atoms with Gasteiger partial charge in [0.2, 0.25) is 15.9 Å². The molecule has 1 heterocycles. The van der Waals surface area contributed by atoms with Crippen molar-refractivity contribution in [3.05, 3.63) is 0 Å². The first kappa shape index (κ1) is 14.4. The van der Waals surface area contributed by atoms with E-state index in [0.29, 0.717) is 18.9 Å². The molecular weight excluding hydrogens is 242 g/mol. The maximum Gasteiger partial charge on any atom is 0.237 e. The number of nitrogens with two attached hydrogens (primary N) is 1. The molecule has 1 aliphatic rings. The Kier molecular flexibility index (Phi) is 5.35. The highest BCUT2D eigenvalue weighted by Gasteiger charge is 2.26. The highest BCUT2D eigenvalue weighted by Crippen LogP contribution is 2.15. The molecule has 0 aromatic rings. The Morgan fingerprint density at radius 2 is 2.24 bits per heavy atom. The fraction of sp³-hybridized carbons (Fsp3) is 0.900. The van der Waals surface area contributed by atoms with Crippen molar-refractivity contribution in [3.63, 3.8) is 0 Å². The van der Waals surface area contributed by atoms with Crippen molar-refractivity contribution in [2.75, 3.05) is 18.8 Å². The Hall–Kier alpha value is -0.660. The summed E-state index contributed by atoms with van der Waals surface area (Å²) in [5.41, 5.74) is 0. The van der Waals surface area contributed by atoms with Crippen LogP contribution in [0.1, 0.15) is 26.2 Å². The van der Waals surface area contributed by atoms with E-state index in [-0.39, 0.29) is 17.7 Å². The van der Waals surface area contributed by atoms with Crippen LogP contribution in [0.4, 0.5) is 0 Å². The van der Waals surface area contributed by atoms with Gasteiger partial charge in [-0.25, -0.2) is 13.6 Å². The first-order valence-corrected chi connectivity index (χ1v) is 7.63. The zero-order chi connectivity index (χ0) is 12.9. The maximum atomic E-state index is 11.8. The van der Waals surface area contributed by atoms with E-state index in [1.807, 2.05) is 6.92 Å². The molecule has 0 aliphatic carbocycles. The molecule has 100 valence electrons. The number of hydrogen-bond acceptors (Lipinski definition) is 4. The van der Waals surface area contributed by atoms with Gasteiger partial charge in [0.1, 0.15) is 0 Å². The molecule has 17 heavy (non-hydrogen) atoms. The van der Waals surface area contributed by atoms with Crippen molar-refractivity contribution in [2.45, 2.75) is 32.2 Å². The molecule has 1 amide bonds. The quantitative estimate of drug-likeness (QED) is 0.563. The van der Waals surface area contributed by atoms with Crippen LogP contribution < -0.4 is 15.8 Å². The van der Waals surface area contributed by atoms with E-state index in [1.165, 1.54) is 0 Å². The minimum atomic E-state index is -3.42. The van der Waals surface area contributed by atoms with Crippen LogP contribution in [0.3, 0.4) is 0 Å². The van der Waals surface area contributed by atoms with Gasteiger partial charge < -0.3 is 10.6 Å². The molecule has 2 atom stereocenters. The average molecular weight is 263 g/mol. The number of rotatable bonds is 5. The molecule has 1 fully saturated rings. The van der Waals surface area contributed by atoms with Gasteiger partial charge in [-0.15, -0.1) is 0 Å². The minimum Gasteiger partial charge on any atom is -0.355 e. The van der Waals surface area contributed by atoms with Crippen LogP contribution in [0.25, 0.3) is 0 Å². The Labute approximate surface area is 102 Å². The fourth-order valence-corrected chi connectivity index (χ4v) is 2.54. The van der Waals surface area contributed by atoms with Crippen LogP contribution in [0.2, 0.25) is 0 Å². The Morgan fingerprint density at radius 1 is 1.53 bits per heavy atom. The largest absolute Gasteiger partial charge is 0.355 e. The molecule has 4 N–H and O–H groups in total. The summed E-state index contributed by atoms with van der Waals surface area (Å²) < 4.78 is 21.4. The third kappa shape index (κ3) is 5.47. The molecular formula is C10H21N3O3S. The van der Waals surface area contributed by atoms with E-state index in [9.17, 15) is 13.2 Å².